The Kier molecular flexibility index (Phi) is 4.45. The first-order valence-corrected chi connectivity index (χ1v) is 8.87. The highest BCUT2D eigenvalue weighted by Crippen LogP contribution is 2.35. The zero-order valence-corrected chi connectivity index (χ0v) is 15.0. The Bertz CT molecular complexity index is 1040. The van der Waals surface area contributed by atoms with E-state index in [4.69, 9.17) is 4.52 Å². The summed E-state index contributed by atoms with van der Waals surface area (Å²) in [6, 6.07) is 12.4. The third-order valence-corrected chi connectivity index (χ3v) is 4.98. The average Bonchev–Trinajstić information content (AvgIpc) is 3.25. The number of nitrogens with zero attached hydrogens (tertiary/aromatic N) is 1. The minimum absolute atomic E-state index is 0.0346. The molecule has 28 heavy (non-hydrogen) atoms. The maximum Gasteiger partial charge on any atom is 0.416 e. The number of alkyl halides is 3. The maximum absolute atomic E-state index is 13.0. The van der Waals surface area contributed by atoms with Gasteiger partial charge in [-0.05, 0) is 43.0 Å². The van der Waals surface area contributed by atoms with E-state index in [9.17, 15) is 18.0 Å². The van der Waals surface area contributed by atoms with Gasteiger partial charge in [0, 0.05) is 5.56 Å². The average molecular weight is 386 g/mol. The van der Waals surface area contributed by atoms with Crippen LogP contribution in [0.4, 0.5) is 13.2 Å². The van der Waals surface area contributed by atoms with Gasteiger partial charge in [-0.15, -0.1) is 0 Å². The first-order valence-electron chi connectivity index (χ1n) is 8.87. The Balaban J connectivity index is 1.65. The Morgan fingerprint density at radius 2 is 1.96 bits per heavy atom. The molecule has 144 valence electrons. The van der Waals surface area contributed by atoms with Crippen LogP contribution >= 0.6 is 0 Å². The molecule has 1 heterocycles. The summed E-state index contributed by atoms with van der Waals surface area (Å²) >= 11 is 0. The van der Waals surface area contributed by atoms with Crippen LogP contribution in [0.25, 0.3) is 11.3 Å². The van der Waals surface area contributed by atoms with Gasteiger partial charge >= 0.3 is 6.18 Å². The second-order valence-corrected chi connectivity index (χ2v) is 6.81. The topological polar surface area (TPSA) is 55.1 Å². The molecule has 2 aromatic carbocycles. The van der Waals surface area contributed by atoms with Crippen LogP contribution < -0.4 is 5.32 Å². The first-order chi connectivity index (χ1) is 13.3. The molecule has 0 saturated carbocycles. The minimum Gasteiger partial charge on any atom is -0.355 e. The minimum atomic E-state index is -4.49. The molecule has 4 rings (SSSR count). The SMILES string of the molecule is Cc1noc(-c2cccc(C(F)(F)F)c2)c1C(=O)NC1CCc2ccccc21. The van der Waals surface area contributed by atoms with Gasteiger partial charge < -0.3 is 9.84 Å². The van der Waals surface area contributed by atoms with E-state index in [-0.39, 0.29) is 22.9 Å². The van der Waals surface area contributed by atoms with Crippen LogP contribution in [0.2, 0.25) is 0 Å². The van der Waals surface area contributed by atoms with Crippen molar-refractivity contribution in [3.8, 4) is 11.3 Å². The number of hydrogen-bond donors (Lipinski definition) is 1. The summed E-state index contributed by atoms with van der Waals surface area (Å²) in [6.45, 7) is 1.60. The second kappa shape index (κ2) is 6.82. The molecule has 3 aromatic rings. The lowest BCUT2D eigenvalue weighted by atomic mass is 10.0. The summed E-state index contributed by atoms with van der Waals surface area (Å²) < 4.78 is 44.3. The van der Waals surface area contributed by atoms with Crippen LogP contribution in [0.5, 0.6) is 0 Å². The fourth-order valence-corrected chi connectivity index (χ4v) is 3.61. The van der Waals surface area contributed by atoms with Gasteiger partial charge in [0.05, 0.1) is 17.3 Å². The van der Waals surface area contributed by atoms with Crippen LogP contribution in [-0.4, -0.2) is 11.1 Å². The lowest BCUT2D eigenvalue weighted by molar-refractivity contribution is -0.137. The Hall–Kier alpha value is -3.09. The smallest absolute Gasteiger partial charge is 0.355 e. The molecule has 1 amide bonds. The number of benzene rings is 2. The summed E-state index contributed by atoms with van der Waals surface area (Å²) in [7, 11) is 0. The summed E-state index contributed by atoms with van der Waals surface area (Å²) in [5, 5.41) is 6.78. The number of halogens is 3. The van der Waals surface area contributed by atoms with E-state index in [1.54, 1.807) is 6.92 Å². The molecule has 0 radical (unpaired) electrons. The van der Waals surface area contributed by atoms with Gasteiger partial charge in [0.1, 0.15) is 5.56 Å². The van der Waals surface area contributed by atoms with Gasteiger partial charge in [0.2, 0.25) is 0 Å². The number of carbonyl (C=O) groups excluding carboxylic acids is 1. The highest BCUT2D eigenvalue weighted by molar-refractivity contribution is 6.00. The number of carbonyl (C=O) groups is 1. The van der Waals surface area contributed by atoms with E-state index in [1.807, 2.05) is 24.3 Å². The predicted molar refractivity (Wildman–Crippen MR) is 96.6 cm³/mol. The molecule has 1 atom stereocenters. The van der Waals surface area contributed by atoms with Crippen molar-refractivity contribution in [3.05, 3.63) is 76.5 Å². The van der Waals surface area contributed by atoms with Crippen molar-refractivity contribution in [3.63, 3.8) is 0 Å². The molecule has 0 aliphatic heterocycles. The molecule has 0 fully saturated rings. The fourth-order valence-electron chi connectivity index (χ4n) is 3.61. The molecule has 1 unspecified atom stereocenters. The summed E-state index contributed by atoms with van der Waals surface area (Å²) in [6.07, 6.45) is -2.85. The molecular weight excluding hydrogens is 369 g/mol. The molecule has 4 nitrogen and oxygen atoms in total. The van der Waals surface area contributed by atoms with Gasteiger partial charge in [-0.25, -0.2) is 0 Å². The fraction of sp³-hybridized carbons (Fsp3) is 0.238. The molecule has 0 saturated heterocycles. The third-order valence-electron chi connectivity index (χ3n) is 4.98. The highest BCUT2D eigenvalue weighted by atomic mass is 19.4. The number of amides is 1. The number of hydrogen-bond acceptors (Lipinski definition) is 3. The van der Waals surface area contributed by atoms with Crippen molar-refractivity contribution < 1.29 is 22.5 Å². The van der Waals surface area contributed by atoms with Crippen molar-refractivity contribution in [1.82, 2.24) is 10.5 Å². The molecule has 1 N–H and O–H groups in total. The molecular formula is C21H17F3N2O2. The number of fused-ring (bicyclic) bond motifs is 1. The molecule has 1 aliphatic rings. The lowest BCUT2D eigenvalue weighted by Crippen LogP contribution is -2.27. The molecule has 7 heteroatoms. The largest absolute Gasteiger partial charge is 0.416 e. The highest BCUT2D eigenvalue weighted by Gasteiger charge is 2.32. The summed E-state index contributed by atoms with van der Waals surface area (Å²) in [5.41, 5.74) is 2.08. The number of aryl methyl sites for hydroxylation is 2. The summed E-state index contributed by atoms with van der Waals surface area (Å²) in [4.78, 5) is 12.9. The van der Waals surface area contributed by atoms with E-state index < -0.39 is 17.6 Å². The zero-order valence-electron chi connectivity index (χ0n) is 15.0. The van der Waals surface area contributed by atoms with Crippen LogP contribution in [0.1, 0.15) is 45.2 Å². The Morgan fingerprint density at radius 3 is 2.75 bits per heavy atom. The standard InChI is InChI=1S/C21H17F3N2O2/c1-12-18(20(27)25-17-10-9-13-5-2-3-8-16(13)17)19(28-26-12)14-6-4-7-15(11-14)21(22,23)24/h2-8,11,17H,9-10H2,1H3,(H,25,27). The number of nitrogens with one attached hydrogen (secondary N) is 1. The molecule has 0 spiro atoms. The maximum atomic E-state index is 13.0. The Morgan fingerprint density at radius 1 is 1.18 bits per heavy atom. The van der Waals surface area contributed by atoms with Crippen molar-refractivity contribution in [2.24, 2.45) is 0 Å². The molecule has 1 aliphatic carbocycles. The first kappa shape index (κ1) is 18.3. The number of aromatic nitrogens is 1. The van der Waals surface area contributed by atoms with Gasteiger partial charge in [0.15, 0.2) is 5.76 Å². The van der Waals surface area contributed by atoms with Crippen LogP contribution in [0.3, 0.4) is 0 Å². The normalized spacial score (nSPS) is 16.1. The number of rotatable bonds is 3. The van der Waals surface area contributed by atoms with Crippen LogP contribution in [0.15, 0.2) is 53.1 Å². The second-order valence-electron chi connectivity index (χ2n) is 6.81. The van der Waals surface area contributed by atoms with E-state index >= 15 is 0 Å². The van der Waals surface area contributed by atoms with Crippen LogP contribution in [-0.2, 0) is 12.6 Å². The van der Waals surface area contributed by atoms with Crippen molar-refractivity contribution in [2.75, 3.05) is 0 Å². The molecule has 0 bridgehead atoms. The van der Waals surface area contributed by atoms with Gasteiger partial charge in [-0.2, -0.15) is 13.2 Å². The quantitative estimate of drug-likeness (QED) is 0.683. The monoisotopic (exact) mass is 386 g/mol. The summed E-state index contributed by atoms with van der Waals surface area (Å²) in [5.74, 6) is -0.375. The third kappa shape index (κ3) is 3.28. The van der Waals surface area contributed by atoms with E-state index in [0.717, 1.165) is 30.5 Å². The van der Waals surface area contributed by atoms with Gasteiger partial charge in [-0.1, -0.05) is 41.6 Å². The van der Waals surface area contributed by atoms with Gasteiger partial charge in [-0.3, -0.25) is 4.79 Å². The van der Waals surface area contributed by atoms with Gasteiger partial charge in [0.25, 0.3) is 5.91 Å². The molecule has 1 aromatic heterocycles. The predicted octanol–water partition coefficient (Wildman–Crippen LogP) is 5.09. The van der Waals surface area contributed by atoms with E-state index in [2.05, 4.69) is 10.5 Å². The lowest BCUT2D eigenvalue weighted by Gasteiger charge is -2.14. The van der Waals surface area contributed by atoms with E-state index in [0.29, 0.717) is 5.69 Å². The van der Waals surface area contributed by atoms with Crippen molar-refractivity contribution in [2.45, 2.75) is 32.0 Å². The van der Waals surface area contributed by atoms with Crippen molar-refractivity contribution in [1.29, 1.82) is 0 Å². The zero-order chi connectivity index (χ0) is 19.9. The van der Waals surface area contributed by atoms with Crippen LogP contribution in [0, 0.1) is 6.92 Å². The van der Waals surface area contributed by atoms with E-state index in [1.165, 1.54) is 17.7 Å². The Labute approximate surface area is 159 Å². The van der Waals surface area contributed by atoms with Crippen molar-refractivity contribution >= 4 is 5.91 Å².